The normalized spacial score (nSPS) is 12.2. The predicted molar refractivity (Wildman–Crippen MR) is 85.3 cm³/mol. The molecule has 1 aromatic carbocycles. The Labute approximate surface area is 129 Å². The highest BCUT2D eigenvalue weighted by atomic mass is 35.5. The van der Waals surface area contributed by atoms with E-state index in [0.717, 1.165) is 12.0 Å². The van der Waals surface area contributed by atoms with Gasteiger partial charge < -0.3 is 4.90 Å². The number of halogens is 1. The van der Waals surface area contributed by atoms with Crippen molar-refractivity contribution in [2.45, 2.75) is 25.8 Å². The van der Waals surface area contributed by atoms with Crippen LogP contribution in [0.4, 0.5) is 0 Å². The molecule has 0 aliphatic rings. The molecule has 0 saturated carbocycles. The minimum absolute atomic E-state index is 0.0576. The van der Waals surface area contributed by atoms with E-state index in [9.17, 15) is 4.79 Å². The van der Waals surface area contributed by atoms with Gasteiger partial charge in [0, 0.05) is 18.5 Å². The van der Waals surface area contributed by atoms with Crippen molar-refractivity contribution in [2.24, 2.45) is 0 Å². The summed E-state index contributed by atoms with van der Waals surface area (Å²) in [6.07, 6.45) is 1.35. The van der Waals surface area contributed by atoms with Crippen LogP contribution in [0.2, 0.25) is 5.02 Å². The summed E-state index contributed by atoms with van der Waals surface area (Å²) in [6.45, 7) is 2.03. The molecule has 0 spiro atoms. The van der Waals surface area contributed by atoms with Gasteiger partial charge in [0.1, 0.15) is 0 Å². The summed E-state index contributed by atoms with van der Waals surface area (Å²) < 4.78 is 0. The highest BCUT2D eigenvalue weighted by Crippen LogP contribution is 2.21. The molecule has 1 amide bonds. The lowest BCUT2D eigenvalue weighted by atomic mass is 10.1. The fourth-order valence-electron chi connectivity index (χ4n) is 2.04. The van der Waals surface area contributed by atoms with Crippen molar-refractivity contribution >= 4 is 28.8 Å². The van der Waals surface area contributed by atoms with E-state index in [1.165, 1.54) is 5.56 Å². The van der Waals surface area contributed by atoms with Crippen LogP contribution < -0.4 is 0 Å². The van der Waals surface area contributed by atoms with Crippen LogP contribution in [-0.4, -0.2) is 17.9 Å². The van der Waals surface area contributed by atoms with Crippen molar-refractivity contribution in [3.63, 3.8) is 0 Å². The molecule has 0 fully saturated rings. The molecule has 1 heterocycles. The lowest BCUT2D eigenvalue weighted by molar-refractivity contribution is -0.131. The maximum atomic E-state index is 12.2. The molecule has 0 bridgehead atoms. The third-order valence-electron chi connectivity index (χ3n) is 3.53. The second kappa shape index (κ2) is 6.91. The van der Waals surface area contributed by atoms with Crippen molar-refractivity contribution in [2.75, 3.05) is 7.05 Å². The number of rotatable bonds is 5. The summed E-state index contributed by atoms with van der Waals surface area (Å²) >= 11 is 7.55. The highest BCUT2D eigenvalue weighted by molar-refractivity contribution is 7.07. The Hall–Kier alpha value is -1.32. The van der Waals surface area contributed by atoms with Gasteiger partial charge in [0.25, 0.3) is 0 Å². The molecule has 20 heavy (non-hydrogen) atoms. The minimum Gasteiger partial charge on any atom is -0.339 e. The van der Waals surface area contributed by atoms with Crippen LogP contribution in [0.3, 0.4) is 0 Å². The van der Waals surface area contributed by atoms with E-state index >= 15 is 0 Å². The van der Waals surface area contributed by atoms with Gasteiger partial charge in [-0.1, -0.05) is 23.7 Å². The molecule has 106 valence electrons. The summed E-state index contributed by atoms with van der Waals surface area (Å²) in [4.78, 5) is 14.0. The fraction of sp³-hybridized carbons (Fsp3) is 0.312. The van der Waals surface area contributed by atoms with Crippen LogP contribution >= 0.6 is 22.9 Å². The van der Waals surface area contributed by atoms with E-state index in [2.05, 4.69) is 11.4 Å². The third-order valence-corrected chi connectivity index (χ3v) is 4.52. The molecule has 2 nitrogen and oxygen atoms in total. The molecule has 4 heteroatoms. The van der Waals surface area contributed by atoms with Crippen LogP contribution in [0.1, 0.15) is 30.5 Å². The van der Waals surface area contributed by atoms with E-state index in [-0.39, 0.29) is 11.9 Å². The third kappa shape index (κ3) is 3.84. The topological polar surface area (TPSA) is 20.3 Å². The zero-order valence-corrected chi connectivity index (χ0v) is 13.2. The second-order valence-corrected chi connectivity index (χ2v) is 6.08. The van der Waals surface area contributed by atoms with Gasteiger partial charge in [-0.05, 0) is 53.4 Å². The van der Waals surface area contributed by atoms with Crippen LogP contribution in [0.5, 0.6) is 0 Å². The van der Waals surface area contributed by atoms with Crippen LogP contribution in [-0.2, 0) is 11.2 Å². The molecule has 1 aromatic heterocycles. The zero-order chi connectivity index (χ0) is 14.5. The molecule has 1 atom stereocenters. The number of carbonyl (C=O) groups is 1. The maximum absolute atomic E-state index is 12.2. The molecular formula is C16H18ClNOS. The van der Waals surface area contributed by atoms with E-state index in [4.69, 9.17) is 11.6 Å². The van der Waals surface area contributed by atoms with E-state index in [1.54, 1.807) is 16.2 Å². The molecule has 0 aliphatic carbocycles. The van der Waals surface area contributed by atoms with Gasteiger partial charge in [-0.3, -0.25) is 4.79 Å². The monoisotopic (exact) mass is 307 g/mol. The summed E-state index contributed by atoms with van der Waals surface area (Å²) in [5, 5.41) is 4.85. The number of nitrogens with zero attached hydrogens (tertiary/aromatic N) is 1. The quantitative estimate of drug-likeness (QED) is 0.793. The van der Waals surface area contributed by atoms with Crippen LogP contribution in [0.25, 0.3) is 0 Å². The van der Waals surface area contributed by atoms with Crippen molar-refractivity contribution in [1.82, 2.24) is 4.90 Å². The number of hydrogen-bond donors (Lipinski definition) is 0. The maximum Gasteiger partial charge on any atom is 0.223 e. The average Bonchev–Trinajstić information content (AvgIpc) is 2.97. The summed E-state index contributed by atoms with van der Waals surface area (Å²) in [7, 11) is 1.86. The first-order valence-electron chi connectivity index (χ1n) is 6.60. The molecule has 0 saturated heterocycles. The van der Waals surface area contributed by atoms with Crippen molar-refractivity contribution < 1.29 is 4.79 Å². The Morgan fingerprint density at radius 2 is 2.00 bits per heavy atom. The second-order valence-electron chi connectivity index (χ2n) is 4.86. The van der Waals surface area contributed by atoms with Gasteiger partial charge in [-0.25, -0.2) is 0 Å². The van der Waals surface area contributed by atoms with Gasteiger partial charge >= 0.3 is 0 Å². The molecule has 2 rings (SSSR count). The lowest BCUT2D eigenvalue weighted by Crippen LogP contribution is -2.29. The molecular weight excluding hydrogens is 290 g/mol. The van der Waals surface area contributed by atoms with Gasteiger partial charge in [-0.15, -0.1) is 0 Å². The molecule has 1 unspecified atom stereocenters. The van der Waals surface area contributed by atoms with E-state index < -0.39 is 0 Å². The molecule has 0 N–H and O–H groups in total. The van der Waals surface area contributed by atoms with Gasteiger partial charge in [0.2, 0.25) is 5.91 Å². The Balaban J connectivity index is 1.93. The van der Waals surface area contributed by atoms with E-state index in [1.807, 2.05) is 43.6 Å². The number of hydrogen-bond acceptors (Lipinski definition) is 2. The Morgan fingerprint density at radius 3 is 2.60 bits per heavy atom. The fourth-order valence-corrected chi connectivity index (χ4v) is 2.87. The molecule has 0 radical (unpaired) electrons. The number of amides is 1. The van der Waals surface area contributed by atoms with E-state index in [0.29, 0.717) is 11.4 Å². The minimum atomic E-state index is 0.0576. The van der Waals surface area contributed by atoms with Crippen molar-refractivity contribution in [1.29, 1.82) is 0 Å². The Bertz CT molecular complexity index is 550. The first-order valence-corrected chi connectivity index (χ1v) is 7.92. The number of carbonyl (C=O) groups excluding carboxylic acids is 1. The number of thiophene rings is 1. The Morgan fingerprint density at radius 1 is 1.30 bits per heavy atom. The highest BCUT2D eigenvalue weighted by Gasteiger charge is 2.17. The first kappa shape index (κ1) is 15.1. The van der Waals surface area contributed by atoms with Gasteiger partial charge in [-0.2, -0.15) is 11.3 Å². The standard InChI is InChI=1S/C16H18ClNOS/c1-12(14-4-6-15(17)7-5-14)18(2)16(19)8-3-13-9-10-20-11-13/h4-7,9-12H,3,8H2,1-2H3. The molecule has 0 aliphatic heterocycles. The number of benzene rings is 1. The lowest BCUT2D eigenvalue weighted by Gasteiger charge is -2.25. The first-order chi connectivity index (χ1) is 9.58. The smallest absolute Gasteiger partial charge is 0.223 e. The SMILES string of the molecule is CC(c1ccc(Cl)cc1)N(C)C(=O)CCc1ccsc1. The van der Waals surface area contributed by atoms with Crippen molar-refractivity contribution in [3.8, 4) is 0 Å². The largest absolute Gasteiger partial charge is 0.339 e. The summed E-state index contributed by atoms with van der Waals surface area (Å²) in [5.41, 5.74) is 2.33. The zero-order valence-electron chi connectivity index (χ0n) is 11.7. The summed E-state index contributed by atoms with van der Waals surface area (Å²) in [5.74, 6) is 0.165. The van der Waals surface area contributed by atoms with Gasteiger partial charge in [0.05, 0.1) is 6.04 Å². The number of aryl methyl sites for hydroxylation is 1. The van der Waals surface area contributed by atoms with Crippen molar-refractivity contribution in [3.05, 3.63) is 57.2 Å². The van der Waals surface area contributed by atoms with Gasteiger partial charge in [0.15, 0.2) is 0 Å². The van der Waals surface area contributed by atoms with Crippen LogP contribution in [0.15, 0.2) is 41.1 Å². The van der Waals surface area contributed by atoms with Crippen LogP contribution in [0, 0.1) is 0 Å². The summed E-state index contributed by atoms with van der Waals surface area (Å²) in [6, 6.07) is 9.78. The predicted octanol–water partition coefficient (Wildman–Crippen LogP) is 4.55. The Kier molecular flexibility index (Phi) is 5.21. The average molecular weight is 308 g/mol. The molecule has 2 aromatic rings.